The van der Waals surface area contributed by atoms with Gasteiger partial charge >= 0.3 is 5.97 Å². The highest BCUT2D eigenvalue weighted by molar-refractivity contribution is 9.10. The van der Waals surface area contributed by atoms with Crippen molar-refractivity contribution in [1.82, 2.24) is 0 Å². The summed E-state index contributed by atoms with van der Waals surface area (Å²) in [7, 11) is 0. The van der Waals surface area contributed by atoms with Crippen molar-refractivity contribution in [3.8, 4) is 0 Å². The second-order valence-electron chi connectivity index (χ2n) is 3.90. The Morgan fingerprint density at radius 2 is 1.90 bits per heavy atom. The first kappa shape index (κ1) is 14.0. The number of carboxylic acids is 1. The molecule has 0 unspecified atom stereocenters. The van der Waals surface area contributed by atoms with E-state index in [1.165, 1.54) is 18.2 Å². The van der Waals surface area contributed by atoms with Gasteiger partial charge in [0.25, 0.3) is 5.69 Å². The third-order valence-corrected chi connectivity index (χ3v) is 3.27. The summed E-state index contributed by atoms with van der Waals surface area (Å²) >= 11 is 3.31. The van der Waals surface area contributed by atoms with Crippen LogP contribution in [0.1, 0.15) is 10.4 Å². The van der Waals surface area contributed by atoms with Crippen molar-refractivity contribution >= 4 is 39.0 Å². The van der Waals surface area contributed by atoms with Crippen molar-refractivity contribution in [3.05, 3.63) is 62.6 Å². The average Bonchev–Trinajstić information content (AvgIpc) is 2.41. The van der Waals surface area contributed by atoms with Crippen LogP contribution >= 0.6 is 15.9 Å². The lowest BCUT2D eigenvalue weighted by Crippen LogP contribution is -2.02. The van der Waals surface area contributed by atoms with Crippen LogP contribution in [0.4, 0.5) is 17.1 Å². The summed E-state index contributed by atoms with van der Waals surface area (Å²) in [5.41, 5.74) is 0.524. The van der Waals surface area contributed by atoms with E-state index in [-0.39, 0.29) is 16.9 Å². The molecule has 0 atom stereocenters. The van der Waals surface area contributed by atoms with Crippen LogP contribution in [0.5, 0.6) is 0 Å². The minimum atomic E-state index is -1.14. The van der Waals surface area contributed by atoms with Gasteiger partial charge in [-0.25, -0.2) is 4.79 Å². The lowest BCUT2D eigenvalue weighted by atomic mass is 10.1. The fraction of sp³-hybridized carbons (Fsp3) is 0. The second kappa shape index (κ2) is 5.70. The number of nitro benzene ring substituents is 1. The van der Waals surface area contributed by atoms with Gasteiger partial charge in [-0.3, -0.25) is 10.1 Å². The minimum absolute atomic E-state index is 0.0230. The van der Waals surface area contributed by atoms with E-state index in [1.807, 2.05) is 0 Å². The lowest BCUT2D eigenvalue weighted by molar-refractivity contribution is -0.383. The molecule has 0 saturated heterocycles. The smallest absolute Gasteiger partial charge is 0.335 e. The first-order valence-corrected chi connectivity index (χ1v) is 6.31. The largest absolute Gasteiger partial charge is 0.478 e. The number of nitrogens with one attached hydrogen (secondary N) is 1. The Bertz CT molecular complexity index is 688. The predicted octanol–water partition coefficient (Wildman–Crippen LogP) is 3.80. The molecule has 0 heterocycles. The fourth-order valence-electron chi connectivity index (χ4n) is 1.64. The van der Waals surface area contributed by atoms with Crippen molar-refractivity contribution in [3.63, 3.8) is 0 Å². The Hall–Kier alpha value is -2.41. The number of halogens is 1. The van der Waals surface area contributed by atoms with Gasteiger partial charge in [-0.1, -0.05) is 12.1 Å². The number of carbonyl (C=O) groups is 1. The predicted molar refractivity (Wildman–Crippen MR) is 77.5 cm³/mol. The van der Waals surface area contributed by atoms with E-state index in [9.17, 15) is 14.9 Å². The van der Waals surface area contributed by atoms with Crippen LogP contribution in [0, 0.1) is 10.1 Å². The van der Waals surface area contributed by atoms with Crippen LogP contribution in [-0.4, -0.2) is 16.0 Å². The molecule has 7 heteroatoms. The number of hydrogen-bond acceptors (Lipinski definition) is 4. The van der Waals surface area contributed by atoms with Crippen LogP contribution < -0.4 is 5.32 Å². The van der Waals surface area contributed by atoms with E-state index < -0.39 is 10.9 Å². The summed E-state index contributed by atoms with van der Waals surface area (Å²) in [4.78, 5) is 21.4. The normalized spacial score (nSPS) is 10.1. The van der Waals surface area contributed by atoms with Gasteiger partial charge < -0.3 is 10.4 Å². The highest BCUT2D eigenvalue weighted by Crippen LogP contribution is 2.31. The van der Waals surface area contributed by atoms with Gasteiger partial charge in [-0.15, -0.1) is 0 Å². The summed E-state index contributed by atoms with van der Waals surface area (Å²) in [5, 5.41) is 22.8. The van der Waals surface area contributed by atoms with Crippen LogP contribution in [-0.2, 0) is 0 Å². The summed E-state index contributed by atoms with van der Waals surface area (Å²) in [5.74, 6) is -1.14. The SMILES string of the molecule is O=C(O)c1ccc([N+](=O)[O-])c(Nc2ccccc2Br)c1. The van der Waals surface area contributed by atoms with Crippen molar-refractivity contribution in [2.75, 3.05) is 5.32 Å². The zero-order chi connectivity index (χ0) is 14.7. The number of para-hydroxylation sites is 1. The molecule has 2 rings (SSSR count). The van der Waals surface area contributed by atoms with Crippen molar-refractivity contribution in [2.24, 2.45) is 0 Å². The number of benzene rings is 2. The van der Waals surface area contributed by atoms with E-state index in [0.717, 1.165) is 4.47 Å². The molecule has 0 aliphatic heterocycles. The number of aromatic carboxylic acids is 1. The molecule has 0 saturated carbocycles. The second-order valence-corrected chi connectivity index (χ2v) is 4.75. The number of nitrogens with zero attached hydrogens (tertiary/aromatic N) is 1. The number of hydrogen-bond donors (Lipinski definition) is 2. The molecule has 0 aromatic heterocycles. The molecule has 0 radical (unpaired) electrons. The minimum Gasteiger partial charge on any atom is -0.478 e. The molecule has 2 aromatic carbocycles. The molecule has 0 bridgehead atoms. The molecule has 2 aromatic rings. The zero-order valence-electron chi connectivity index (χ0n) is 10.0. The third kappa shape index (κ3) is 2.94. The maximum absolute atomic E-state index is 11.0. The maximum atomic E-state index is 11.0. The molecule has 2 N–H and O–H groups in total. The zero-order valence-corrected chi connectivity index (χ0v) is 11.6. The Morgan fingerprint density at radius 3 is 2.50 bits per heavy atom. The molecule has 0 aliphatic carbocycles. The molecule has 6 nitrogen and oxygen atoms in total. The van der Waals surface area contributed by atoms with E-state index in [2.05, 4.69) is 21.2 Å². The summed E-state index contributed by atoms with van der Waals surface area (Å²) in [6.07, 6.45) is 0. The molecular formula is C13H9BrN2O4. The molecule has 0 amide bonds. The highest BCUT2D eigenvalue weighted by Gasteiger charge is 2.17. The fourth-order valence-corrected chi connectivity index (χ4v) is 2.02. The Kier molecular flexibility index (Phi) is 3.99. The quantitative estimate of drug-likeness (QED) is 0.654. The van der Waals surface area contributed by atoms with Gasteiger partial charge in [0.15, 0.2) is 0 Å². The molecule has 0 spiro atoms. The van der Waals surface area contributed by atoms with Crippen molar-refractivity contribution < 1.29 is 14.8 Å². The van der Waals surface area contributed by atoms with Crippen molar-refractivity contribution in [2.45, 2.75) is 0 Å². The van der Waals surface area contributed by atoms with Crippen LogP contribution in [0.2, 0.25) is 0 Å². The molecular weight excluding hydrogens is 328 g/mol. The Morgan fingerprint density at radius 1 is 1.20 bits per heavy atom. The molecule has 20 heavy (non-hydrogen) atoms. The Balaban J connectivity index is 2.48. The van der Waals surface area contributed by atoms with Gasteiger partial charge in [0, 0.05) is 10.5 Å². The standard InChI is InChI=1S/C13H9BrN2O4/c14-9-3-1-2-4-10(9)15-11-7-8(13(17)18)5-6-12(11)16(19)20/h1-7,15H,(H,17,18). The van der Waals surface area contributed by atoms with Gasteiger partial charge in [0.05, 0.1) is 16.2 Å². The van der Waals surface area contributed by atoms with Crippen molar-refractivity contribution in [1.29, 1.82) is 0 Å². The van der Waals surface area contributed by atoms with Crippen LogP contribution in [0.3, 0.4) is 0 Å². The monoisotopic (exact) mass is 336 g/mol. The molecule has 0 fully saturated rings. The van der Waals surface area contributed by atoms with Gasteiger partial charge in [-0.2, -0.15) is 0 Å². The third-order valence-electron chi connectivity index (χ3n) is 2.58. The Labute approximate surface area is 122 Å². The van der Waals surface area contributed by atoms with E-state index in [1.54, 1.807) is 24.3 Å². The number of nitro groups is 1. The molecule has 0 aliphatic rings. The van der Waals surface area contributed by atoms with E-state index >= 15 is 0 Å². The van der Waals surface area contributed by atoms with E-state index in [0.29, 0.717) is 5.69 Å². The van der Waals surface area contributed by atoms with Gasteiger partial charge in [0.2, 0.25) is 0 Å². The number of rotatable bonds is 4. The summed E-state index contributed by atoms with van der Waals surface area (Å²) in [6, 6.07) is 10.7. The van der Waals surface area contributed by atoms with Crippen LogP contribution in [0.25, 0.3) is 0 Å². The van der Waals surface area contributed by atoms with E-state index in [4.69, 9.17) is 5.11 Å². The average molecular weight is 337 g/mol. The first-order chi connectivity index (χ1) is 9.49. The lowest BCUT2D eigenvalue weighted by Gasteiger charge is -2.09. The topological polar surface area (TPSA) is 92.5 Å². The maximum Gasteiger partial charge on any atom is 0.335 e. The summed E-state index contributed by atoms with van der Waals surface area (Å²) < 4.78 is 0.718. The number of anilines is 2. The van der Waals surface area contributed by atoms with Gasteiger partial charge in [0.1, 0.15) is 5.69 Å². The summed E-state index contributed by atoms with van der Waals surface area (Å²) in [6.45, 7) is 0. The number of carboxylic acid groups (broad SMARTS) is 1. The molecule has 102 valence electrons. The highest BCUT2D eigenvalue weighted by atomic mass is 79.9. The van der Waals surface area contributed by atoms with Gasteiger partial charge in [-0.05, 0) is 40.2 Å². The first-order valence-electron chi connectivity index (χ1n) is 5.52. The van der Waals surface area contributed by atoms with Crippen LogP contribution in [0.15, 0.2) is 46.9 Å².